The quantitative estimate of drug-likeness (QED) is 0.434. The van der Waals surface area contributed by atoms with Crippen molar-refractivity contribution in [1.82, 2.24) is 5.48 Å². The third-order valence-corrected chi connectivity index (χ3v) is 1.75. The molecule has 7 heteroatoms. The smallest absolute Gasteiger partial charge is 0.409 e. The number of amides is 2. The number of carbonyl (C=O) groups is 2. The number of nitrogens with one attached hydrogen (secondary N) is 2. The van der Waals surface area contributed by atoms with Crippen LogP contribution in [-0.4, -0.2) is 22.3 Å². The number of carbonyl (C=O) groups excluding carboxylic acids is 1. The van der Waals surface area contributed by atoms with Crippen LogP contribution in [0.3, 0.4) is 0 Å². The van der Waals surface area contributed by atoms with Crippen LogP contribution in [-0.2, 0) is 0 Å². The predicted molar refractivity (Wildman–Crippen MR) is 52.1 cm³/mol. The first-order chi connectivity index (χ1) is 7.58. The molecule has 0 fully saturated rings. The van der Waals surface area contributed by atoms with E-state index in [1.165, 1.54) is 17.6 Å². The first-order valence-corrected chi connectivity index (χ1v) is 4.07. The lowest BCUT2D eigenvalue weighted by Crippen LogP contribution is -2.19. The van der Waals surface area contributed by atoms with Crippen molar-refractivity contribution in [3.8, 4) is 6.07 Å². The molecule has 0 radical (unpaired) electrons. The molecule has 82 valence electrons. The van der Waals surface area contributed by atoms with Gasteiger partial charge in [-0.05, 0) is 18.2 Å². The minimum absolute atomic E-state index is 0.0175. The van der Waals surface area contributed by atoms with Crippen LogP contribution < -0.4 is 10.8 Å². The Balaban J connectivity index is 3.17. The Labute approximate surface area is 89.9 Å². The highest BCUT2D eigenvalue weighted by Gasteiger charge is 2.10. The Hall–Kier alpha value is -2.59. The summed E-state index contributed by atoms with van der Waals surface area (Å²) in [7, 11) is 0. The summed E-state index contributed by atoms with van der Waals surface area (Å²) in [5.41, 5.74) is 1.50. The first-order valence-electron chi connectivity index (χ1n) is 4.07. The van der Waals surface area contributed by atoms with Crippen molar-refractivity contribution in [2.75, 3.05) is 5.32 Å². The average molecular weight is 221 g/mol. The molecule has 1 aromatic rings. The van der Waals surface area contributed by atoms with E-state index in [2.05, 4.69) is 0 Å². The number of hydrogen-bond donors (Lipinski definition) is 4. The lowest BCUT2D eigenvalue weighted by atomic mass is 10.1. The van der Waals surface area contributed by atoms with Crippen molar-refractivity contribution in [3.05, 3.63) is 29.3 Å². The summed E-state index contributed by atoms with van der Waals surface area (Å²) in [5, 5.41) is 27.6. The summed E-state index contributed by atoms with van der Waals surface area (Å²) in [4.78, 5) is 21.4. The number of anilines is 1. The molecule has 7 nitrogen and oxygen atoms in total. The van der Waals surface area contributed by atoms with Crippen LogP contribution in [0.5, 0.6) is 0 Å². The molecule has 2 amide bonds. The van der Waals surface area contributed by atoms with E-state index < -0.39 is 12.0 Å². The molecule has 0 aliphatic carbocycles. The molecule has 16 heavy (non-hydrogen) atoms. The maximum absolute atomic E-state index is 11.0. The van der Waals surface area contributed by atoms with Crippen LogP contribution in [0.4, 0.5) is 10.5 Å². The molecule has 0 aliphatic rings. The maximum Gasteiger partial charge on any atom is 0.409 e. The van der Waals surface area contributed by atoms with Crippen molar-refractivity contribution >= 4 is 17.7 Å². The largest absolute Gasteiger partial charge is 0.465 e. The lowest BCUT2D eigenvalue weighted by molar-refractivity contribution is 0.0706. The van der Waals surface area contributed by atoms with E-state index in [9.17, 15) is 9.59 Å². The molecule has 0 spiro atoms. The van der Waals surface area contributed by atoms with Crippen LogP contribution in [0.15, 0.2) is 18.2 Å². The highest BCUT2D eigenvalue weighted by Crippen LogP contribution is 2.16. The van der Waals surface area contributed by atoms with Gasteiger partial charge in [-0.2, -0.15) is 5.26 Å². The minimum Gasteiger partial charge on any atom is -0.465 e. The zero-order valence-electron chi connectivity index (χ0n) is 7.89. The normalized spacial score (nSPS) is 9.00. The third-order valence-electron chi connectivity index (χ3n) is 1.75. The standard InChI is InChI=1S/C9H7N3O4/c10-4-6-2-1-5(8(13)12-16)3-7(6)11-9(14)15/h1-3,11,16H,(H,12,13)(H,14,15). The van der Waals surface area contributed by atoms with Gasteiger partial charge in [0.2, 0.25) is 0 Å². The average Bonchev–Trinajstić information content (AvgIpc) is 2.27. The fourth-order valence-corrected chi connectivity index (χ4v) is 1.07. The Bertz CT molecular complexity index is 478. The summed E-state index contributed by atoms with van der Waals surface area (Å²) < 4.78 is 0. The Kier molecular flexibility index (Phi) is 3.42. The van der Waals surface area contributed by atoms with E-state index in [4.69, 9.17) is 15.6 Å². The third kappa shape index (κ3) is 2.46. The van der Waals surface area contributed by atoms with Gasteiger partial charge in [-0.1, -0.05) is 0 Å². The van der Waals surface area contributed by atoms with Crippen LogP contribution >= 0.6 is 0 Å². The molecule has 1 aromatic carbocycles. The number of nitriles is 1. The highest BCUT2D eigenvalue weighted by molar-refractivity contribution is 5.96. The second-order valence-electron chi connectivity index (χ2n) is 2.74. The van der Waals surface area contributed by atoms with Gasteiger partial charge in [0.25, 0.3) is 5.91 Å². The van der Waals surface area contributed by atoms with Gasteiger partial charge in [0, 0.05) is 5.56 Å². The van der Waals surface area contributed by atoms with Gasteiger partial charge in [0.1, 0.15) is 6.07 Å². The van der Waals surface area contributed by atoms with Gasteiger partial charge >= 0.3 is 6.09 Å². The van der Waals surface area contributed by atoms with E-state index in [0.29, 0.717) is 0 Å². The molecule has 0 bridgehead atoms. The van der Waals surface area contributed by atoms with Gasteiger partial charge in [-0.25, -0.2) is 10.3 Å². The Morgan fingerprint density at radius 1 is 1.38 bits per heavy atom. The van der Waals surface area contributed by atoms with E-state index in [1.807, 2.05) is 5.32 Å². The van der Waals surface area contributed by atoms with E-state index >= 15 is 0 Å². The molecule has 0 heterocycles. The molecule has 0 aromatic heterocycles. The zero-order chi connectivity index (χ0) is 12.1. The number of carboxylic acid groups (broad SMARTS) is 1. The first kappa shape index (κ1) is 11.5. The van der Waals surface area contributed by atoms with Crippen molar-refractivity contribution in [3.63, 3.8) is 0 Å². The fraction of sp³-hybridized carbons (Fsp3) is 0. The highest BCUT2D eigenvalue weighted by atomic mass is 16.5. The molecule has 4 N–H and O–H groups in total. The van der Waals surface area contributed by atoms with Crippen LogP contribution in [0.25, 0.3) is 0 Å². The molecule has 0 unspecified atom stereocenters. The fourth-order valence-electron chi connectivity index (χ4n) is 1.07. The van der Waals surface area contributed by atoms with Crippen LogP contribution in [0.1, 0.15) is 15.9 Å². The molecule has 0 atom stereocenters. The molecular formula is C9H7N3O4. The van der Waals surface area contributed by atoms with Gasteiger partial charge in [-0.15, -0.1) is 0 Å². The van der Waals surface area contributed by atoms with Crippen molar-refractivity contribution < 1.29 is 19.9 Å². The number of hydrogen-bond acceptors (Lipinski definition) is 4. The van der Waals surface area contributed by atoms with E-state index in [-0.39, 0.29) is 16.8 Å². The summed E-state index contributed by atoms with van der Waals surface area (Å²) in [5.74, 6) is -0.794. The van der Waals surface area contributed by atoms with Gasteiger partial charge in [-0.3, -0.25) is 15.3 Å². The maximum atomic E-state index is 11.0. The zero-order valence-corrected chi connectivity index (χ0v) is 7.89. The summed E-state index contributed by atoms with van der Waals surface area (Å²) in [6, 6.07) is 5.48. The van der Waals surface area contributed by atoms with Gasteiger partial charge in [0.05, 0.1) is 11.3 Å². The van der Waals surface area contributed by atoms with Gasteiger partial charge in [0.15, 0.2) is 0 Å². The molecule has 0 aliphatic heterocycles. The monoisotopic (exact) mass is 221 g/mol. The number of hydroxylamine groups is 1. The van der Waals surface area contributed by atoms with E-state index in [1.54, 1.807) is 6.07 Å². The van der Waals surface area contributed by atoms with Crippen molar-refractivity contribution in [2.24, 2.45) is 0 Å². The second kappa shape index (κ2) is 4.77. The van der Waals surface area contributed by atoms with Crippen LogP contribution in [0, 0.1) is 11.3 Å². The lowest BCUT2D eigenvalue weighted by Gasteiger charge is -2.05. The SMILES string of the molecule is N#Cc1ccc(C(=O)NO)cc1NC(=O)O. The molecule has 0 saturated heterocycles. The number of benzene rings is 1. The van der Waals surface area contributed by atoms with E-state index in [0.717, 1.165) is 6.07 Å². The van der Waals surface area contributed by atoms with Gasteiger partial charge < -0.3 is 5.11 Å². The molecular weight excluding hydrogens is 214 g/mol. The summed E-state index contributed by atoms with van der Waals surface area (Å²) in [6.45, 7) is 0. The Morgan fingerprint density at radius 2 is 2.06 bits per heavy atom. The number of rotatable bonds is 2. The van der Waals surface area contributed by atoms with Crippen LogP contribution in [0.2, 0.25) is 0 Å². The minimum atomic E-state index is -1.35. The predicted octanol–water partition coefficient (Wildman–Crippen LogP) is 0.767. The second-order valence-corrected chi connectivity index (χ2v) is 2.74. The number of nitrogens with zero attached hydrogens (tertiary/aromatic N) is 1. The van der Waals surface area contributed by atoms with Crippen molar-refractivity contribution in [1.29, 1.82) is 5.26 Å². The molecule has 1 rings (SSSR count). The molecule has 0 saturated carbocycles. The topological polar surface area (TPSA) is 122 Å². The summed E-state index contributed by atoms with van der Waals surface area (Å²) >= 11 is 0. The van der Waals surface area contributed by atoms with Crippen molar-refractivity contribution in [2.45, 2.75) is 0 Å². The summed E-state index contributed by atoms with van der Waals surface area (Å²) in [6.07, 6.45) is -1.35. The Morgan fingerprint density at radius 3 is 2.56 bits per heavy atom.